The minimum Gasteiger partial charge on any atom is -0.494 e. The Morgan fingerprint density at radius 2 is 1.70 bits per heavy atom. The zero-order valence-electron chi connectivity index (χ0n) is 39.4. The molecule has 360 valence electrons. The van der Waals surface area contributed by atoms with Gasteiger partial charge in [-0.15, -0.1) is 0 Å². The molecule has 2 amide bonds. The number of ether oxygens (including phenoxy) is 1. The Bertz CT molecular complexity index is 2950. The van der Waals surface area contributed by atoms with E-state index in [4.69, 9.17) is 26.3 Å². The number of fused-ring (bicyclic) bond motifs is 1. The number of amides is 2. The van der Waals surface area contributed by atoms with Gasteiger partial charge in [0, 0.05) is 87.2 Å². The molecule has 6 aromatic rings. The summed E-state index contributed by atoms with van der Waals surface area (Å²) in [4.78, 5) is 54.9. The van der Waals surface area contributed by atoms with Crippen molar-refractivity contribution in [2.45, 2.75) is 63.5 Å². The molecule has 8 heterocycles. The summed E-state index contributed by atoms with van der Waals surface area (Å²) in [5, 5.41) is 17.8. The number of halogens is 1. The normalized spacial score (nSPS) is 19.2. The number of hydrogen-bond acceptors (Lipinski definition) is 16. The average molecular weight is 974 g/mol. The van der Waals surface area contributed by atoms with E-state index in [0.717, 1.165) is 94.0 Å². The van der Waals surface area contributed by atoms with Gasteiger partial charge < -0.3 is 40.0 Å². The van der Waals surface area contributed by atoms with Gasteiger partial charge in [0.05, 0.1) is 41.7 Å². The van der Waals surface area contributed by atoms with Gasteiger partial charge in [-0.25, -0.2) is 9.97 Å². The Hall–Kier alpha value is -6.36. The van der Waals surface area contributed by atoms with E-state index in [2.05, 4.69) is 74.2 Å². The van der Waals surface area contributed by atoms with Crippen molar-refractivity contribution in [2.75, 3.05) is 85.5 Å². The molecule has 1 spiro atoms. The molecule has 0 aliphatic carbocycles. The van der Waals surface area contributed by atoms with Crippen LogP contribution in [-0.2, 0) is 21.2 Å². The standard InChI is InChI=1S/C49H58ClN14O4P/c1-61-29-31(27-54-61)33-25-38(57-48-53-28-34(50)46(60-48)56-36-10-9-35-44(52-19-18-51-35)45(36)69(3,4)67)40(68-2)26-39(33)63-21-13-32(14-22-63)62-23-16-49(17-24-62)15-6-20-64(30-49)42-8-5-7-41(58-42)55-37-11-12-43(65)59-47(37)66/h5,7-10,18-19,25-29,32,37H,6,11-17,20-24,30H2,1-4H3,(H,55,58)(H,59,65,66)(H2,53,56,57,60). The van der Waals surface area contributed by atoms with Crippen molar-refractivity contribution in [3.05, 3.63) is 78.5 Å². The highest BCUT2D eigenvalue weighted by molar-refractivity contribution is 7.71. The van der Waals surface area contributed by atoms with Crippen LogP contribution in [0.4, 0.5) is 40.5 Å². The number of likely N-dealkylation sites (tertiary alicyclic amines) is 1. The number of hydrogen-bond donors (Lipinski definition) is 4. The molecule has 0 saturated carbocycles. The molecule has 4 fully saturated rings. The molecule has 10 rings (SSSR count). The first kappa shape index (κ1) is 46.4. The van der Waals surface area contributed by atoms with E-state index in [1.54, 1.807) is 32.8 Å². The van der Waals surface area contributed by atoms with Crippen molar-refractivity contribution < 1.29 is 18.9 Å². The summed E-state index contributed by atoms with van der Waals surface area (Å²) >= 11 is 6.69. The van der Waals surface area contributed by atoms with Gasteiger partial charge in [0.15, 0.2) is 5.82 Å². The molecule has 0 radical (unpaired) electrons. The fourth-order valence-electron chi connectivity index (χ4n) is 10.7. The van der Waals surface area contributed by atoms with Crippen LogP contribution in [0.15, 0.2) is 73.4 Å². The fourth-order valence-corrected chi connectivity index (χ4v) is 12.2. The predicted octanol–water partition coefficient (Wildman–Crippen LogP) is 7.18. The van der Waals surface area contributed by atoms with Crippen molar-refractivity contribution in [3.8, 4) is 16.9 Å². The van der Waals surface area contributed by atoms with E-state index in [1.807, 2.05) is 48.4 Å². The fraction of sp³-hybridized carbons (Fsp3) is 0.429. The molecular formula is C49H58ClN14O4P. The third-order valence-corrected chi connectivity index (χ3v) is 16.0. The van der Waals surface area contributed by atoms with Crippen molar-refractivity contribution in [2.24, 2.45) is 12.5 Å². The average Bonchev–Trinajstić information content (AvgIpc) is 3.79. The molecule has 1 unspecified atom stereocenters. The summed E-state index contributed by atoms with van der Waals surface area (Å²) in [6, 6.07) is 13.8. The number of benzene rings is 2. The number of nitrogens with one attached hydrogen (secondary N) is 4. The van der Waals surface area contributed by atoms with Crippen LogP contribution in [0.3, 0.4) is 0 Å². The largest absolute Gasteiger partial charge is 0.494 e. The minimum atomic E-state index is -2.83. The zero-order valence-corrected chi connectivity index (χ0v) is 41.1. The topological polar surface area (TPSA) is 201 Å². The number of piperidine rings is 4. The SMILES string of the molecule is COc1cc(N2CCC(N3CCC4(CCCN(c5cccc(NC6CCC(=O)NC6=O)n5)C4)CC3)CC2)c(-c2cnn(C)c2)cc1Nc1ncc(Cl)c(Nc2ccc3nccnc3c2P(C)(C)=O)n1. The number of rotatable bonds is 12. The molecule has 4 aromatic heterocycles. The third kappa shape index (κ3) is 9.92. The van der Waals surface area contributed by atoms with Crippen LogP contribution in [0, 0.1) is 5.41 Å². The number of nitrogens with zero attached hydrogens (tertiary/aromatic N) is 10. The van der Waals surface area contributed by atoms with Crippen LogP contribution in [0.5, 0.6) is 5.75 Å². The molecule has 69 heavy (non-hydrogen) atoms. The number of carbonyl (C=O) groups is 2. The zero-order chi connectivity index (χ0) is 47.9. The Morgan fingerprint density at radius 3 is 2.45 bits per heavy atom. The number of methoxy groups -OCH3 is 1. The van der Waals surface area contributed by atoms with E-state index in [-0.39, 0.29) is 22.3 Å². The first-order chi connectivity index (χ1) is 33.3. The Morgan fingerprint density at radius 1 is 0.884 bits per heavy atom. The second-order valence-electron chi connectivity index (χ2n) is 19.2. The molecule has 18 nitrogen and oxygen atoms in total. The highest BCUT2D eigenvalue weighted by Gasteiger charge is 2.41. The lowest BCUT2D eigenvalue weighted by atomic mass is 9.72. The molecule has 1 atom stereocenters. The van der Waals surface area contributed by atoms with Gasteiger partial charge in [0.2, 0.25) is 17.8 Å². The van der Waals surface area contributed by atoms with E-state index < -0.39 is 13.2 Å². The number of aryl methyl sites for hydroxylation is 1. The van der Waals surface area contributed by atoms with Crippen molar-refractivity contribution in [1.29, 1.82) is 0 Å². The van der Waals surface area contributed by atoms with Gasteiger partial charge >= 0.3 is 0 Å². The molecule has 4 aliphatic rings. The summed E-state index contributed by atoms with van der Waals surface area (Å²) in [5.41, 5.74) is 5.76. The lowest BCUT2D eigenvalue weighted by Crippen LogP contribution is -2.53. The van der Waals surface area contributed by atoms with Gasteiger partial charge in [-0.2, -0.15) is 10.1 Å². The minimum absolute atomic E-state index is 0.224. The molecule has 4 aliphatic heterocycles. The van der Waals surface area contributed by atoms with Gasteiger partial charge in [0.1, 0.15) is 41.1 Å². The maximum Gasteiger partial charge on any atom is 0.249 e. The summed E-state index contributed by atoms with van der Waals surface area (Å²) in [6.45, 7) is 9.32. The highest BCUT2D eigenvalue weighted by Crippen LogP contribution is 2.45. The quantitative estimate of drug-likeness (QED) is 0.0709. The third-order valence-electron chi connectivity index (χ3n) is 14.2. The van der Waals surface area contributed by atoms with Crippen molar-refractivity contribution >= 4 is 87.4 Å². The molecule has 4 saturated heterocycles. The maximum atomic E-state index is 13.6. The van der Waals surface area contributed by atoms with Crippen LogP contribution >= 0.6 is 18.7 Å². The number of carbonyl (C=O) groups excluding carboxylic acids is 2. The smallest absolute Gasteiger partial charge is 0.249 e. The lowest BCUT2D eigenvalue weighted by Gasteiger charge is -2.50. The van der Waals surface area contributed by atoms with Crippen molar-refractivity contribution in [3.63, 3.8) is 0 Å². The van der Waals surface area contributed by atoms with E-state index in [9.17, 15) is 14.2 Å². The molecule has 4 N–H and O–H groups in total. The highest BCUT2D eigenvalue weighted by atomic mass is 35.5. The van der Waals surface area contributed by atoms with Crippen LogP contribution in [0.25, 0.3) is 22.2 Å². The number of anilines is 7. The summed E-state index contributed by atoms with van der Waals surface area (Å²) in [6.07, 6.45) is 16.2. The van der Waals surface area contributed by atoms with E-state index >= 15 is 0 Å². The summed E-state index contributed by atoms with van der Waals surface area (Å²) < 4.78 is 21.5. The van der Waals surface area contributed by atoms with Gasteiger partial charge in [-0.3, -0.25) is 29.6 Å². The summed E-state index contributed by atoms with van der Waals surface area (Å²) in [5.74, 6) is 2.34. The number of pyridine rings is 1. The van der Waals surface area contributed by atoms with Crippen molar-refractivity contribution in [1.82, 2.24) is 44.9 Å². The second-order valence-corrected chi connectivity index (χ2v) is 22.7. The molecule has 0 bridgehead atoms. The van der Waals surface area contributed by atoms with Gasteiger partial charge in [-0.05, 0) is 107 Å². The maximum absolute atomic E-state index is 13.6. The Kier molecular flexibility index (Phi) is 12.9. The monoisotopic (exact) mass is 972 g/mol. The Labute approximate surface area is 406 Å². The Balaban J connectivity index is 0.810. The number of aromatic nitrogens is 7. The van der Waals surface area contributed by atoms with Crippen LogP contribution in [-0.4, -0.2) is 123 Å². The predicted molar refractivity (Wildman–Crippen MR) is 271 cm³/mol. The first-order valence-corrected chi connectivity index (χ1v) is 26.7. The summed E-state index contributed by atoms with van der Waals surface area (Å²) in [7, 11) is 0.753. The molecular weight excluding hydrogens is 915 g/mol. The second kappa shape index (κ2) is 19.2. The lowest BCUT2D eigenvalue weighted by molar-refractivity contribution is -0.133. The first-order valence-electron chi connectivity index (χ1n) is 23.7. The van der Waals surface area contributed by atoms with Crippen LogP contribution in [0.2, 0.25) is 5.02 Å². The van der Waals surface area contributed by atoms with E-state index in [0.29, 0.717) is 69.9 Å². The van der Waals surface area contributed by atoms with Crippen LogP contribution < -0.4 is 41.1 Å². The number of imide groups is 1. The van der Waals surface area contributed by atoms with E-state index in [1.165, 1.54) is 12.6 Å². The molecule has 2 aromatic carbocycles. The molecule has 20 heteroatoms. The van der Waals surface area contributed by atoms with Crippen LogP contribution in [0.1, 0.15) is 51.4 Å². The van der Waals surface area contributed by atoms with Gasteiger partial charge in [-0.1, -0.05) is 17.7 Å². The van der Waals surface area contributed by atoms with Gasteiger partial charge in [0.25, 0.3) is 0 Å².